The fourth-order valence-corrected chi connectivity index (χ4v) is 9.09. The van der Waals surface area contributed by atoms with Gasteiger partial charge in [-0.2, -0.15) is 0 Å². The van der Waals surface area contributed by atoms with Crippen LogP contribution in [0.3, 0.4) is 0 Å². The van der Waals surface area contributed by atoms with Crippen LogP contribution in [-0.4, -0.2) is 59.5 Å². The normalized spacial score (nSPS) is 24.9. The minimum absolute atomic E-state index is 0.00179. The van der Waals surface area contributed by atoms with Crippen molar-refractivity contribution >= 4 is 28.0 Å². The number of benzene rings is 2. The van der Waals surface area contributed by atoms with E-state index in [2.05, 4.69) is 35.7 Å². The Kier molecular flexibility index (Phi) is 9.28. The van der Waals surface area contributed by atoms with Crippen molar-refractivity contribution in [1.82, 2.24) is 20.2 Å². The maximum absolute atomic E-state index is 14.6. The first-order chi connectivity index (χ1) is 23.0. The monoisotopic (exact) mass is 687 g/mol. The second-order valence-corrected chi connectivity index (χ2v) is 17.6. The number of alkyl carbamates (subject to hydrolysis) is 1. The number of ether oxygens (including phenoxy) is 1. The molecule has 2 fully saturated rings. The lowest BCUT2D eigenvalue weighted by molar-refractivity contribution is -0.0762. The third kappa shape index (κ3) is 7.61. The van der Waals surface area contributed by atoms with Gasteiger partial charge in [-0.15, -0.1) is 0 Å². The number of carbonyl (C=O) groups is 2. The standard InChI is InChI=1S/C38H49N5O5S/c1-23(2)48-36(45)40-28-18-38(19-28)21-30(22-38)43-29(20-37(5,6)7)15-14-27-17-32(33-24(3)10-8-11-25(33)4)41-35(39-27)42-49(46,47)31-13-9-12-26(16-31)34(43)44/h8-13,16-17,23,28-30H,14-15,18-22H2,1-7H3,(H,40,45)(H,39,41,42)/t28?,29-,30?,38?/m0/s1. The molecule has 2 aliphatic carbocycles. The van der Waals surface area contributed by atoms with Crippen LogP contribution >= 0.6 is 0 Å². The molecule has 11 heteroatoms. The molecule has 2 saturated carbocycles. The number of rotatable bonds is 5. The third-order valence-electron chi connectivity index (χ3n) is 10.1. The highest BCUT2D eigenvalue weighted by molar-refractivity contribution is 7.92. The summed E-state index contributed by atoms with van der Waals surface area (Å²) in [6.07, 6.45) is 4.79. The number of sulfonamides is 1. The molecular formula is C38H49N5O5S. The first-order valence-corrected chi connectivity index (χ1v) is 18.9. The molecule has 1 spiro atoms. The van der Waals surface area contributed by atoms with Gasteiger partial charge < -0.3 is 15.0 Å². The number of nitrogens with zero attached hydrogens (tertiary/aromatic N) is 3. The number of amides is 2. The summed E-state index contributed by atoms with van der Waals surface area (Å²) in [5, 5.41) is 2.99. The predicted octanol–water partition coefficient (Wildman–Crippen LogP) is 7.20. The Morgan fingerprint density at radius 3 is 2.37 bits per heavy atom. The smallest absolute Gasteiger partial charge is 0.407 e. The molecule has 6 rings (SSSR count). The Hall–Kier alpha value is -3.99. The molecule has 10 nitrogen and oxygen atoms in total. The fraction of sp³-hybridized carbons (Fsp3) is 0.526. The topological polar surface area (TPSA) is 131 Å². The van der Waals surface area contributed by atoms with Gasteiger partial charge in [0.2, 0.25) is 5.95 Å². The first kappa shape index (κ1) is 34.9. The lowest BCUT2D eigenvalue weighted by Crippen LogP contribution is -2.63. The molecule has 2 amide bonds. The highest BCUT2D eigenvalue weighted by atomic mass is 32.2. The molecule has 3 aliphatic rings. The summed E-state index contributed by atoms with van der Waals surface area (Å²) in [6, 6.07) is 14.2. The largest absolute Gasteiger partial charge is 0.447 e. The molecule has 1 atom stereocenters. The van der Waals surface area contributed by atoms with Gasteiger partial charge in [0.05, 0.1) is 16.7 Å². The molecule has 49 heavy (non-hydrogen) atoms. The fourth-order valence-electron chi connectivity index (χ4n) is 8.11. The number of carbonyl (C=O) groups excluding carboxylic acids is 2. The van der Waals surface area contributed by atoms with E-state index >= 15 is 0 Å². The van der Waals surface area contributed by atoms with Crippen LogP contribution in [-0.2, 0) is 21.2 Å². The molecule has 0 radical (unpaired) electrons. The molecule has 1 aliphatic heterocycles. The zero-order valence-electron chi connectivity index (χ0n) is 29.7. The Balaban J connectivity index is 1.36. The van der Waals surface area contributed by atoms with E-state index in [-0.39, 0.29) is 57.9 Å². The third-order valence-corrected chi connectivity index (χ3v) is 11.4. The molecule has 2 heterocycles. The van der Waals surface area contributed by atoms with Crippen molar-refractivity contribution in [2.24, 2.45) is 10.8 Å². The Morgan fingerprint density at radius 1 is 1.04 bits per heavy atom. The highest BCUT2D eigenvalue weighted by Gasteiger charge is 2.56. The van der Waals surface area contributed by atoms with E-state index in [1.54, 1.807) is 12.1 Å². The van der Waals surface area contributed by atoms with Crippen molar-refractivity contribution in [2.45, 2.75) is 123 Å². The molecule has 0 saturated heterocycles. The Morgan fingerprint density at radius 2 is 1.71 bits per heavy atom. The van der Waals surface area contributed by atoms with Gasteiger partial charge in [-0.05, 0) is 119 Å². The van der Waals surface area contributed by atoms with E-state index in [1.165, 1.54) is 12.1 Å². The minimum Gasteiger partial charge on any atom is -0.447 e. The second-order valence-electron chi connectivity index (χ2n) is 15.9. The summed E-state index contributed by atoms with van der Waals surface area (Å²) in [7, 11) is -4.10. The summed E-state index contributed by atoms with van der Waals surface area (Å²) in [4.78, 5) is 38.2. The highest BCUT2D eigenvalue weighted by Crippen LogP contribution is 2.58. The molecule has 2 aromatic carbocycles. The number of aromatic nitrogens is 2. The summed E-state index contributed by atoms with van der Waals surface area (Å²) in [5.41, 5.74) is 4.74. The van der Waals surface area contributed by atoms with Crippen LogP contribution in [0.5, 0.6) is 0 Å². The SMILES string of the molecule is Cc1cccc(C)c1-c1cc2nc(n1)NS(=O)(=O)c1cccc(c1)C(=O)N(C1CC3(CC(NC(=O)OC(C)C)C3)C1)[C@H](CC(C)(C)C)CC2. The van der Waals surface area contributed by atoms with Crippen molar-refractivity contribution < 1.29 is 22.7 Å². The van der Waals surface area contributed by atoms with Gasteiger partial charge in [-0.1, -0.05) is 45.0 Å². The zero-order chi connectivity index (χ0) is 35.3. The maximum Gasteiger partial charge on any atom is 0.407 e. The van der Waals surface area contributed by atoms with Gasteiger partial charge in [-0.3, -0.25) is 4.79 Å². The quantitative estimate of drug-likeness (QED) is 0.290. The van der Waals surface area contributed by atoms with Crippen LogP contribution < -0.4 is 10.0 Å². The van der Waals surface area contributed by atoms with E-state index in [4.69, 9.17) is 14.7 Å². The molecule has 3 aromatic rings. The molecule has 4 bridgehead atoms. The van der Waals surface area contributed by atoms with Crippen LogP contribution in [0.2, 0.25) is 0 Å². The number of hydrogen-bond acceptors (Lipinski definition) is 7. The first-order valence-electron chi connectivity index (χ1n) is 17.4. The average Bonchev–Trinajstić information content (AvgIpc) is 2.95. The number of nitrogens with one attached hydrogen (secondary N) is 2. The zero-order valence-corrected chi connectivity index (χ0v) is 30.5. The number of aryl methyl sites for hydroxylation is 3. The minimum atomic E-state index is -4.10. The van der Waals surface area contributed by atoms with Gasteiger partial charge >= 0.3 is 6.09 Å². The lowest BCUT2D eigenvalue weighted by Gasteiger charge is -2.61. The number of anilines is 1. The van der Waals surface area contributed by atoms with E-state index in [0.29, 0.717) is 29.8 Å². The molecule has 1 aromatic heterocycles. The van der Waals surface area contributed by atoms with Gasteiger partial charge in [0.1, 0.15) is 0 Å². The Bertz CT molecular complexity index is 1830. The van der Waals surface area contributed by atoms with Crippen molar-refractivity contribution in [3.05, 3.63) is 70.9 Å². The van der Waals surface area contributed by atoms with Gasteiger partial charge in [0, 0.05) is 34.9 Å². The van der Waals surface area contributed by atoms with Gasteiger partial charge in [0.15, 0.2) is 0 Å². The maximum atomic E-state index is 14.6. The average molecular weight is 688 g/mol. The van der Waals surface area contributed by atoms with Crippen LogP contribution in [0.25, 0.3) is 11.3 Å². The van der Waals surface area contributed by atoms with Crippen molar-refractivity contribution in [1.29, 1.82) is 0 Å². The van der Waals surface area contributed by atoms with Gasteiger partial charge in [-0.25, -0.2) is 27.9 Å². The van der Waals surface area contributed by atoms with Crippen LogP contribution in [0.4, 0.5) is 10.7 Å². The van der Waals surface area contributed by atoms with Crippen LogP contribution in [0, 0.1) is 24.7 Å². The van der Waals surface area contributed by atoms with Crippen molar-refractivity contribution in [3.8, 4) is 11.3 Å². The number of fused-ring (bicyclic) bond motifs is 4. The molecule has 2 N–H and O–H groups in total. The summed E-state index contributed by atoms with van der Waals surface area (Å²) in [6.45, 7) is 14.3. The number of hydrogen-bond donors (Lipinski definition) is 2. The summed E-state index contributed by atoms with van der Waals surface area (Å²) >= 11 is 0. The second kappa shape index (κ2) is 13.0. The molecular weight excluding hydrogens is 639 g/mol. The molecule has 262 valence electrons. The molecule has 0 unspecified atom stereocenters. The summed E-state index contributed by atoms with van der Waals surface area (Å²) < 4.78 is 35.4. The van der Waals surface area contributed by atoms with Crippen LogP contribution in [0.1, 0.15) is 100 Å². The predicted molar refractivity (Wildman–Crippen MR) is 190 cm³/mol. The van der Waals surface area contributed by atoms with E-state index in [9.17, 15) is 18.0 Å². The van der Waals surface area contributed by atoms with E-state index in [0.717, 1.165) is 48.8 Å². The lowest BCUT2D eigenvalue weighted by atomic mass is 9.51. The van der Waals surface area contributed by atoms with Gasteiger partial charge in [0.25, 0.3) is 15.9 Å². The van der Waals surface area contributed by atoms with E-state index in [1.807, 2.05) is 52.0 Å². The summed E-state index contributed by atoms with van der Waals surface area (Å²) in [5.74, 6) is -0.143. The van der Waals surface area contributed by atoms with Crippen LogP contribution in [0.15, 0.2) is 53.4 Å². The Labute approximate surface area is 290 Å². The van der Waals surface area contributed by atoms with Crippen molar-refractivity contribution in [3.63, 3.8) is 0 Å². The van der Waals surface area contributed by atoms with E-state index < -0.39 is 10.0 Å². The van der Waals surface area contributed by atoms with Crippen molar-refractivity contribution in [2.75, 3.05) is 4.72 Å².